The Balaban J connectivity index is 0.00000280. The van der Waals surface area contributed by atoms with Gasteiger partial charge in [0.05, 0.1) is 4.90 Å². The second-order valence-corrected chi connectivity index (χ2v) is 8.48. The van der Waals surface area contributed by atoms with Crippen molar-refractivity contribution >= 4 is 40.0 Å². The first kappa shape index (κ1) is 22.6. The smallest absolute Gasteiger partial charge is 0.240 e. The van der Waals surface area contributed by atoms with E-state index in [0.29, 0.717) is 12.5 Å². The summed E-state index contributed by atoms with van der Waals surface area (Å²) in [6.07, 6.45) is 2.33. The van der Waals surface area contributed by atoms with E-state index in [-0.39, 0.29) is 40.8 Å². The molecule has 28 heavy (non-hydrogen) atoms. The van der Waals surface area contributed by atoms with Crippen LogP contribution in [0.15, 0.2) is 70.6 Å². The predicted molar refractivity (Wildman–Crippen MR) is 124 cm³/mol. The molecule has 1 saturated carbocycles. The van der Waals surface area contributed by atoms with E-state index in [1.807, 2.05) is 6.07 Å². The fourth-order valence-corrected chi connectivity index (χ4v) is 4.09. The Morgan fingerprint density at radius 1 is 0.964 bits per heavy atom. The second kappa shape index (κ2) is 10.2. The highest BCUT2D eigenvalue weighted by molar-refractivity contribution is 14.0. The van der Waals surface area contributed by atoms with Crippen LogP contribution in [0.25, 0.3) is 0 Å². The molecule has 0 bridgehead atoms. The first-order valence-electron chi connectivity index (χ1n) is 9.11. The van der Waals surface area contributed by atoms with E-state index in [4.69, 9.17) is 0 Å². The van der Waals surface area contributed by atoms with Crippen molar-refractivity contribution in [2.45, 2.75) is 23.2 Å². The number of aliphatic imine (C=N–C) groups is 1. The van der Waals surface area contributed by atoms with Gasteiger partial charge in [0.25, 0.3) is 0 Å². The molecule has 1 fully saturated rings. The molecule has 0 aromatic heterocycles. The summed E-state index contributed by atoms with van der Waals surface area (Å²) in [6.45, 7) is 1.54. The maximum atomic E-state index is 12.2. The average Bonchev–Trinajstić information content (AvgIpc) is 3.50. The molecule has 3 rings (SSSR count). The molecule has 2 aromatic carbocycles. The van der Waals surface area contributed by atoms with Crippen LogP contribution in [0.3, 0.4) is 0 Å². The van der Waals surface area contributed by atoms with Gasteiger partial charge in [-0.2, -0.15) is 0 Å². The first-order chi connectivity index (χ1) is 13.1. The van der Waals surface area contributed by atoms with E-state index >= 15 is 0 Å². The van der Waals surface area contributed by atoms with Crippen molar-refractivity contribution in [2.24, 2.45) is 4.99 Å². The van der Waals surface area contributed by atoms with E-state index in [1.165, 1.54) is 5.56 Å². The molecule has 0 amide bonds. The number of sulfonamides is 1. The normalized spacial score (nSPS) is 15.4. The van der Waals surface area contributed by atoms with Gasteiger partial charge in [-0.3, -0.25) is 4.99 Å². The molecule has 152 valence electrons. The van der Waals surface area contributed by atoms with Crippen LogP contribution in [0.2, 0.25) is 0 Å². The van der Waals surface area contributed by atoms with Crippen molar-refractivity contribution in [1.29, 1.82) is 0 Å². The van der Waals surface area contributed by atoms with Crippen LogP contribution in [0.1, 0.15) is 18.4 Å². The van der Waals surface area contributed by atoms with Crippen LogP contribution in [-0.4, -0.2) is 41.1 Å². The van der Waals surface area contributed by atoms with Crippen LogP contribution >= 0.6 is 24.0 Å². The largest absolute Gasteiger partial charge is 0.356 e. The lowest BCUT2D eigenvalue weighted by molar-refractivity contribution is 0.580. The zero-order valence-corrected chi connectivity index (χ0v) is 19.0. The Kier molecular flexibility index (Phi) is 8.26. The van der Waals surface area contributed by atoms with Gasteiger partial charge in [0.1, 0.15) is 0 Å². The number of nitrogens with one attached hydrogen (secondary N) is 3. The SMILES string of the molecule is CN=C(NCCNS(=O)(=O)c1ccccc1)NCC1(c2ccccc2)CC1.I. The number of rotatable bonds is 8. The quantitative estimate of drug-likeness (QED) is 0.219. The van der Waals surface area contributed by atoms with Crippen LogP contribution in [0, 0.1) is 0 Å². The Labute approximate surface area is 184 Å². The third-order valence-corrected chi connectivity index (χ3v) is 6.30. The minimum Gasteiger partial charge on any atom is -0.356 e. The third kappa shape index (κ3) is 5.92. The van der Waals surface area contributed by atoms with Gasteiger partial charge in [0, 0.05) is 32.1 Å². The van der Waals surface area contributed by atoms with E-state index in [0.717, 1.165) is 19.4 Å². The average molecular weight is 514 g/mol. The van der Waals surface area contributed by atoms with E-state index in [2.05, 4.69) is 44.6 Å². The highest BCUT2D eigenvalue weighted by Gasteiger charge is 2.43. The molecule has 6 nitrogen and oxygen atoms in total. The Bertz CT molecular complexity index is 870. The lowest BCUT2D eigenvalue weighted by Gasteiger charge is -2.19. The first-order valence-corrected chi connectivity index (χ1v) is 10.6. The molecule has 0 heterocycles. The van der Waals surface area contributed by atoms with Gasteiger partial charge < -0.3 is 10.6 Å². The summed E-state index contributed by atoms with van der Waals surface area (Å²) in [5.74, 6) is 0.677. The summed E-state index contributed by atoms with van der Waals surface area (Å²) in [5, 5.41) is 6.52. The van der Waals surface area contributed by atoms with Crippen molar-refractivity contribution in [3.05, 3.63) is 66.2 Å². The lowest BCUT2D eigenvalue weighted by Crippen LogP contribution is -2.44. The summed E-state index contributed by atoms with van der Waals surface area (Å²) in [4.78, 5) is 4.49. The van der Waals surface area contributed by atoms with Gasteiger partial charge in [-0.05, 0) is 30.5 Å². The van der Waals surface area contributed by atoms with E-state index < -0.39 is 10.0 Å². The molecular formula is C20H27IN4O2S. The predicted octanol–water partition coefficient (Wildman–Crippen LogP) is 2.48. The Hall–Kier alpha value is -1.65. The van der Waals surface area contributed by atoms with Crippen LogP contribution < -0.4 is 15.4 Å². The number of nitrogens with zero attached hydrogens (tertiary/aromatic N) is 1. The van der Waals surface area contributed by atoms with Crippen molar-refractivity contribution in [2.75, 3.05) is 26.7 Å². The minimum atomic E-state index is -3.48. The molecular weight excluding hydrogens is 487 g/mol. The zero-order chi connectivity index (χ0) is 19.2. The van der Waals surface area contributed by atoms with Gasteiger partial charge in [0.2, 0.25) is 10.0 Å². The molecule has 2 aromatic rings. The minimum absolute atomic E-state index is 0. The van der Waals surface area contributed by atoms with Crippen LogP contribution in [0.5, 0.6) is 0 Å². The molecule has 0 unspecified atom stereocenters. The third-order valence-electron chi connectivity index (χ3n) is 4.82. The fourth-order valence-electron chi connectivity index (χ4n) is 3.03. The topological polar surface area (TPSA) is 82.6 Å². The van der Waals surface area contributed by atoms with Crippen LogP contribution in [-0.2, 0) is 15.4 Å². The van der Waals surface area contributed by atoms with Gasteiger partial charge in [-0.25, -0.2) is 13.1 Å². The summed E-state index contributed by atoms with van der Waals surface area (Å²) < 4.78 is 27.0. The van der Waals surface area contributed by atoms with Gasteiger partial charge in [-0.15, -0.1) is 24.0 Å². The maximum Gasteiger partial charge on any atom is 0.240 e. The number of guanidine groups is 1. The second-order valence-electron chi connectivity index (χ2n) is 6.71. The standard InChI is InChI=1S/C20H26N4O2S.HI/c1-21-19(23-16-20(12-13-20)17-8-4-2-5-9-17)22-14-15-24-27(25,26)18-10-6-3-7-11-18;/h2-11,24H,12-16H2,1H3,(H2,21,22,23);1H. The summed E-state index contributed by atoms with van der Waals surface area (Å²) in [5.41, 5.74) is 1.54. The monoisotopic (exact) mass is 514 g/mol. The molecule has 8 heteroatoms. The summed E-state index contributed by atoms with van der Waals surface area (Å²) in [6, 6.07) is 18.9. The summed E-state index contributed by atoms with van der Waals surface area (Å²) >= 11 is 0. The number of hydrogen-bond donors (Lipinski definition) is 3. The number of halogens is 1. The van der Waals surface area contributed by atoms with Crippen LogP contribution in [0.4, 0.5) is 0 Å². The molecule has 1 aliphatic rings. The zero-order valence-electron chi connectivity index (χ0n) is 15.9. The number of hydrogen-bond acceptors (Lipinski definition) is 3. The molecule has 0 radical (unpaired) electrons. The molecule has 0 spiro atoms. The molecule has 1 aliphatic carbocycles. The van der Waals surface area contributed by atoms with E-state index in [1.54, 1.807) is 37.4 Å². The molecule has 3 N–H and O–H groups in total. The summed E-state index contributed by atoms with van der Waals surface area (Å²) in [7, 11) is -1.76. The van der Waals surface area contributed by atoms with Crippen molar-refractivity contribution < 1.29 is 8.42 Å². The Morgan fingerprint density at radius 3 is 2.14 bits per heavy atom. The highest BCUT2D eigenvalue weighted by Crippen LogP contribution is 2.47. The fraction of sp³-hybridized carbons (Fsp3) is 0.350. The van der Waals surface area contributed by atoms with Crippen molar-refractivity contribution in [1.82, 2.24) is 15.4 Å². The molecule has 0 atom stereocenters. The number of benzene rings is 2. The highest BCUT2D eigenvalue weighted by atomic mass is 127. The van der Waals surface area contributed by atoms with Gasteiger partial charge >= 0.3 is 0 Å². The maximum absolute atomic E-state index is 12.2. The molecule has 0 aliphatic heterocycles. The van der Waals surface area contributed by atoms with Gasteiger partial charge in [-0.1, -0.05) is 48.5 Å². The van der Waals surface area contributed by atoms with Crippen molar-refractivity contribution in [3.8, 4) is 0 Å². The lowest BCUT2D eigenvalue weighted by atomic mass is 9.96. The van der Waals surface area contributed by atoms with Gasteiger partial charge in [0.15, 0.2) is 5.96 Å². The van der Waals surface area contributed by atoms with Crippen molar-refractivity contribution in [3.63, 3.8) is 0 Å². The van der Waals surface area contributed by atoms with E-state index in [9.17, 15) is 8.42 Å². The molecule has 0 saturated heterocycles. The Morgan fingerprint density at radius 2 is 1.57 bits per heavy atom.